The van der Waals surface area contributed by atoms with Crippen LogP contribution < -0.4 is 0 Å². The van der Waals surface area contributed by atoms with Gasteiger partial charge in [0.1, 0.15) is 0 Å². The van der Waals surface area contributed by atoms with Crippen LogP contribution in [0.1, 0.15) is 207 Å². The van der Waals surface area contributed by atoms with Crippen LogP contribution in [0.5, 0.6) is 0 Å². The molecule has 226 valence electrons. The van der Waals surface area contributed by atoms with Crippen LogP contribution in [0.3, 0.4) is 0 Å². The molecule has 0 aliphatic rings. The Morgan fingerprint density at radius 3 is 0.892 bits per heavy atom. The highest BCUT2D eigenvalue weighted by Crippen LogP contribution is 2.47. The van der Waals surface area contributed by atoms with Crippen LogP contribution in [-0.4, -0.2) is 21.3 Å². The first-order valence-electron chi connectivity index (χ1n) is 17.0. The number of hydrogen-bond donors (Lipinski definition) is 1. The summed E-state index contributed by atoms with van der Waals surface area (Å²) < 4.78 is 0. The fraction of sp³-hybridized carbons (Fsp3) is 1.00. The zero-order valence-corrected chi connectivity index (χ0v) is 27.5. The van der Waals surface area contributed by atoms with Crippen molar-refractivity contribution in [3.05, 3.63) is 0 Å². The Kier molecular flexibility index (Phi) is 29.8. The van der Waals surface area contributed by atoms with E-state index in [1.807, 2.05) is 0 Å². The monoisotopic (exact) mass is 545 g/mol. The molecule has 0 heterocycles. The molecule has 0 saturated heterocycles. The van der Waals surface area contributed by atoms with E-state index in [0.717, 1.165) is 12.8 Å². The third-order valence-corrected chi connectivity index (χ3v) is 9.88. The summed E-state index contributed by atoms with van der Waals surface area (Å²) >= 11 is 0. The lowest BCUT2D eigenvalue weighted by Gasteiger charge is -2.46. The normalized spacial score (nSPS) is 13.5. The van der Waals surface area contributed by atoms with Gasteiger partial charge in [0.25, 0.3) is 0 Å². The molecule has 3 heteroatoms. The second-order valence-corrected chi connectivity index (χ2v) is 13.4. The van der Waals surface area contributed by atoms with E-state index in [4.69, 9.17) is 0 Å². The summed E-state index contributed by atoms with van der Waals surface area (Å²) in [5.74, 6) is 0. The van der Waals surface area contributed by atoms with E-state index in [-0.39, 0.29) is 10.6 Å². The van der Waals surface area contributed by atoms with Gasteiger partial charge >= 0.3 is 0 Å². The quantitative estimate of drug-likeness (QED) is 0.0738. The van der Waals surface area contributed by atoms with Gasteiger partial charge in [-0.2, -0.15) is 0 Å². The van der Waals surface area contributed by atoms with Crippen molar-refractivity contribution in [2.75, 3.05) is 0 Å². The Hall–Kier alpha value is 0.350. The SMILES string of the molecule is CCCCCCCCCCCCCCC(P)(CCCCCC)C(O)(CCCCCC)CCCCCC.O. The number of aliphatic hydroxyl groups is 1. The van der Waals surface area contributed by atoms with Gasteiger partial charge in [0.05, 0.1) is 5.60 Å². The van der Waals surface area contributed by atoms with Gasteiger partial charge in [-0.3, -0.25) is 0 Å². The average molecular weight is 545 g/mol. The van der Waals surface area contributed by atoms with Crippen molar-refractivity contribution in [1.82, 2.24) is 0 Å². The van der Waals surface area contributed by atoms with E-state index in [1.54, 1.807) is 0 Å². The van der Waals surface area contributed by atoms with E-state index in [1.165, 1.54) is 167 Å². The average Bonchev–Trinajstić information content (AvgIpc) is 2.88. The van der Waals surface area contributed by atoms with Crippen LogP contribution >= 0.6 is 9.24 Å². The van der Waals surface area contributed by atoms with Crippen LogP contribution in [0.2, 0.25) is 0 Å². The first kappa shape index (κ1) is 39.5. The van der Waals surface area contributed by atoms with Crippen molar-refractivity contribution in [3.63, 3.8) is 0 Å². The van der Waals surface area contributed by atoms with Gasteiger partial charge < -0.3 is 10.6 Å². The second kappa shape index (κ2) is 27.9. The number of hydrogen-bond acceptors (Lipinski definition) is 1. The lowest BCUT2D eigenvalue weighted by atomic mass is 9.73. The minimum absolute atomic E-state index is 0. The minimum Gasteiger partial charge on any atom is -0.412 e. The van der Waals surface area contributed by atoms with Gasteiger partial charge in [-0.1, -0.05) is 182 Å². The van der Waals surface area contributed by atoms with Gasteiger partial charge in [0.2, 0.25) is 0 Å². The van der Waals surface area contributed by atoms with E-state index >= 15 is 0 Å². The maximum Gasteiger partial charge on any atom is 0.0737 e. The largest absolute Gasteiger partial charge is 0.412 e. The molecule has 0 amide bonds. The zero-order valence-electron chi connectivity index (χ0n) is 26.3. The Labute approximate surface area is 237 Å². The van der Waals surface area contributed by atoms with Crippen molar-refractivity contribution in [2.24, 2.45) is 0 Å². The molecule has 3 N–H and O–H groups in total. The maximum atomic E-state index is 12.2. The minimum atomic E-state index is -0.497. The molecule has 0 radical (unpaired) electrons. The lowest BCUT2D eigenvalue weighted by Crippen LogP contribution is -2.50. The molecule has 0 rings (SSSR count). The first-order chi connectivity index (χ1) is 17.5. The molecule has 0 fully saturated rings. The third kappa shape index (κ3) is 20.9. The van der Waals surface area contributed by atoms with E-state index in [9.17, 15) is 5.11 Å². The molecule has 2 nitrogen and oxygen atoms in total. The summed E-state index contributed by atoms with van der Waals surface area (Å²) in [5, 5.41) is 12.3. The highest BCUT2D eigenvalue weighted by molar-refractivity contribution is 7.19. The predicted molar refractivity (Wildman–Crippen MR) is 173 cm³/mol. The molecule has 0 aliphatic heterocycles. The standard InChI is InChI=1S/C34H71OP.H2O/c1-5-9-13-17-18-19-20-21-22-23-24-28-32-34(36,31-27-16-12-8-4)33(35,29-25-14-10-6-2)30-26-15-11-7-3;/h35H,5-32,36H2,1-4H3;1H2. The maximum absolute atomic E-state index is 12.2. The topological polar surface area (TPSA) is 51.7 Å². The van der Waals surface area contributed by atoms with Crippen LogP contribution in [0.25, 0.3) is 0 Å². The van der Waals surface area contributed by atoms with Crippen molar-refractivity contribution in [2.45, 2.75) is 218 Å². The summed E-state index contributed by atoms with van der Waals surface area (Å²) in [6.07, 6.45) is 36.6. The molecule has 2 atom stereocenters. The molecule has 0 aromatic rings. The Bertz CT molecular complexity index is 430. The zero-order chi connectivity index (χ0) is 26.8. The molecule has 0 spiro atoms. The Morgan fingerprint density at radius 2 is 0.595 bits per heavy atom. The van der Waals surface area contributed by atoms with E-state index < -0.39 is 5.60 Å². The molecule has 0 bridgehead atoms. The summed E-state index contributed by atoms with van der Waals surface area (Å²) in [4.78, 5) is 0. The fourth-order valence-corrected chi connectivity index (χ4v) is 6.75. The summed E-state index contributed by atoms with van der Waals surface area (Å²) in [6.45, 7) is 9.18. The van der Waals surface area contributed by atoms with Crippen molar-refractivity contribution in [1.29, 1.82) is 0 Å². The van der Waals surface area contributed by atoms with E-state index in [0.29, 0.717) is 0 Å². The van der Waals surface area contributed by atoms with Gasteiger partial charge in [-0.15, -0.1) is 9.24 Å². The molecule has 0 aromatic heterocycles. The van der Waals surface area contributed by atoms with Gasteiger partial charge in [-0.25, -0.2) is 0 Å². The van der Waals surface area contributed by atoms with Crippen molar-refractivity contribution < 1.29 is 10.6 Å². The van der Waals surface area contributed by atoms with Crippen LogP contribution in [0, 0.1) is 0 Å². The van der Waals surface area contributed by atoms with Gasteiger partial charge in [0.15, 0.2) is 0 Å². The summed E-state index contributed by atoms with van der Waals surface area (Å²) in [5.41, 5.74) is -0.497. The van der Waals surface area contributed by atoms with Crippen molar-refractivity contribution in [3.8, 4) is 0 Å². The van der Waals surface area contributed by atoms with Crippen LogP contribution in [0.4, 0.5) is 0 Å². The number of rotatable bonds is 29. The highest BCUT2D eigenvalue weighted by atomic mass is 31.0. The number of unbranched alkanes of at least 4 members (excludes halogenated alkanes) is 20. The van der Waals surface area contributed by atoms with Crippen LogP contribution in [0.15, 0.2) is 0 Å². The fourth-order valence-electron chi connectivity index (χ4n) is 6.05. The Morgan fingerprint density at radius 1 is 0.378 bits per heavy atom. The lowest BCUT2D eigenvalue weighted by molar-refractivity contribution is -0.0285. The van der Waals surface area contributed by atoms with E-state index in [2.05, 4.69) is 36.9 Å². The van der Waals surface area contributed by atoms with Crippen molar-refractivity contribution >= 4 is 9.24 Å². The molecule has 37 heavy (non-hydrogen) atoms. The van der Waals surface area contributed by atoms with Crippen LogP contribution in [-0.2, 0) is 0 Å². The molecule has 0 aromatic carbocycles. The van der Waals surface area contributed by atoms with Gasteiger partial charge in [0, 0.05) is 5.16 Å². The smallest absolute Gasteiger partial charge is 0.0737 e. The molecule has 0 saturated carbocycles. The Balaban J connectivity index is 0. The predicted octanol–water partition coefficient (Wildman–Crippen LogP) is 11.5. The summed E-state index contributed by atoms with van der Waals surface area (Å²) in [7, 11) is 3.28. The summed E-state index contributed by atoms with van der Waals surface area (Å²) in [6, 6.07) is 0. The van der Waals surface area contributed by atoms with Gasteiger partial charge in [-0.05, 0) is 25.7 Å². The second-order valence-electron chi connectivity index (χ2n) is 12.3. The highest BCUT2D eigenvalue weighted by Gasteiger charge is 2.44. The third-order valence-electron chi connectivity index (χ3n) is 8.77. The molecular formula is C34H73O2P. The first-order valence-corrected chi connectivity index (χ1v) is 17.6. The molecular weight excluding hydrogens is 471 g/mol. The molecule has 0 aliphatic carbocycles. The molecule has 2 unspecified atom stereocenters.